The van der Waals surface area contributed by atoms with Crippen molar-refractivity contribution >= 4 is 40.9 Å². The molecule has 32 heavy (non-hydrogen) atoms. The number of likely N-dealkylation sites (tertiary alicyclic amines) is 1. The van der Waals surface area contributed by atoms with Gasteiger partial charge in [0.05, 0.1) is 17.1 Å². The Morgan fingerprint density at radius 2 is 1.59 bits per heavy atom. The molecule has 0 spiro atoms. The Labute approximate surface area is 200 Å². The highest BCUT2D eigenvalue weighted by Gasteiger charge is 2.32. The summed E-state index contributed by atoms with van der Waals surface area (Å²) in [6, 6.07) is 4.00. The van der Waals surface area contributed by atoms with Crippen LogP contribution in [0.5, 0.6) is 0 Å². The van der Waals surface area contributed by atoms with Gasteiger partial charge in [0, 0.05) is 44.3 Å². The Morgan fingerprint density at radius 3 is 2.19 bits per heavy atom. The number of hydrogen-bond donors (Lipinski definition) is 1. The Hall–Kier alpha value is -1.83. The van der Waals surface area contributed by atoms with Crippen molar-refractivity contribution in [2.24, 2.45) is 5.92 Å². The molecule has 0 bridgehead atoms. The van der Waals surface area contributed by atoms with Crippen LogP contribution in [0.4, 0.5) is 0 Å². The average molecular weight is 483 g/mol. The largest absolute Gasteiger partial charge is 0.342 e. The number of nitrogens with zero attached hydrogens (tertiary/aromatic N) is 3. The lowest BCUT2D eigenvalue weighted by atomic mass is 10.0. The van der Waals surface area contributed by atoms with E-state index in [1.807, 2.05) is 18.7 Å². The molecular formula is C23H32Cl2N4O3. The van der Waals surface area contributed by atoms with E-state index in [4.69, 9.17) is 23.2 Å². The highest BCUT2D eigenvalue weighted by molar-refractivity contribution is 6.36. The fraction of sp³-hybridized carbons (Fsp3) is 0.609. The van der Waals surface area contributed by atoms with E-state index in [2.05, 4.69) is 10.2 Å². The highest BCUT2D eigenvalue weighted by Crippen LogP contribution is 2.21. The van der Waals surface area contributed by atoms with Crippen molar-refractivity contribution < 1.29 is 14.4 Å². The summed E-state index contributed by atoms with van der Waals surface area (Å²) in [5.74, 6) is -0.419. The monoisotopic (exact) mass is 482 g/mol. The van der Waals surface area contributed by atoms with Gasteiger partial charge >= 0.3 is 0 Å². The molecule has 0 radical (unpaired) electrons. The number of halogens is 2. The van der Waals surface area contributed by atoms with Gasteiger partial charge in [-0.2, -0.15) is 0 Å². The molecule has 2 aliphatic heterocycles. The molecule has 1 unspecified atom stereocenters. The lowest BCUT2D eigenvalue weighted by molar-refractivity contribution is -0.137. The molecule has 0 saturated carbocycles. The highest BCUT2D eigenvalue weighted by atomic mass is 35.5. The second kappa shape index (κ2) is 11.3. The smallest absolute Gasteiger partial charge is 0.253 e. The number of piperazine rings is 1. The minimum atomic E-state index is -0.657. The molecule has 176 valence electrons. The van der Waals surface area contributed by atoms with Crippen LogP contribution in [-0.4, -0.2) is 84.3 Å². The van der Waals surface area contributed by atoms with Gasteiger partial charge in [-0.1, -0.05) is 37.0 Å². The first kappa shape index (κ1) is 24.8. The fourth-order valence-electron chi connectivity index (χ4n) is 4.16. The number of carbonyl (C=O) groups is 3. The zero-order valence-corrected chi connectivity index (χ0v) is 20.3. The normalized spacial score (nSPS) is 18.5. The Morgan fingerprint density at radius 1 is 0.938 bits per heavy atom. The van der Waals surface area contributed by atoms with Crippen molar-refractivity contribution in [1.82, 2.24) is 20.0 Å². The molecule has 2 fully saturated rings. The molecule has 1 aromatic carbocycles. The third kappa shape index (κ3) is 6.36. The van der Waals surface area contributed by atoms with Gasteiger partial charge in [0.25, 0.3) is 5.91 Å². The lowest BCUT2D eigenvalue weighted by Gasteiger charge is -2.38. The summed E-state index contributed by atoms with van der Waals surface area (Å²) in [6.07, 6.45) is 3.36. The number of benzene rings is 1. The second-order valence-corrected chi connectivity index (χ2v) is 9.71. The van der Waals surface area contributed by atoms with E-state index in [-0.39, 0.29) is 28.3 Å². The molecule has 0 aromatic heterocycles. The maximum absolute atomic E-state index is 13.2. The van der Waals surface area contributed by atoms with Crippen molar-refractivity contribution in [2.45, 2.75) is 39.2 Å². The van der Waals surface area contributed by atoms with Crippen LogP contribution >= 0.6 is 23.2 Å². The standard InChI is InChI=1S/C23H32Cl2N4O3/c1-16(2)21(26-22(31)18-7-6-17(24)14-19(18)25)23(32)29-12-10-27(11-13-29)15-20(30)28-8-4-3-5-9-28/h6-7,14,16,21H,3-5,8-13,15H2,1-2H3,(H,26,31). The second-order valence-electron chi connectivity index (χ2n) is 8.86. The minimum Gasteiger partial charge on any atom is -0.342 e. The quantitative estimate of drug-likeness (QED) is 0.676. The molecule has 3 amide bonds. The van der Waals surface area contributed by atoms with E-state index < -0.39 is 11.9 Å². The van der Waals surface area contributed by atoms with Crippen LogP contribution in [0.2, 0.25) is 10.0 Å². The molecular weight excluding hydrogens is 451 g/mol. The summed E-state index contributed by atoms with van der Waals surface area (Å²) in [5.41, 5.74) is 0.288. The summed E-state index contributed by atoms with van der Waals surface area (Å²) in [5, 5.41) is 3.54. The van der Waals surface area contributed by atoms with Crippen LogP contribution in [0.15, 0.2) is 18.2 Å². The number of piperidine rings is 1. The summed E-state index contributed by atoms with van der Waals surface area (Å²) < 4.78 is 0. The van der Waals surface area contributed by atoms with Gasteiger partial charge in [0.2, 0.25) is 11.8 Å². The van der Waals surface area contributed by atoms with Gasteiger partial charge in [-0.05, 0) is 43.4 Å². The van der Waals surface area contributed by atoms with Gasteiger partial charge in [-0.3, -0.25) is 19.3 Å². The van der Waals surface area contributed by atoms with Crippen LogP contribution in [0.25, 0.3) is 0 Å². The summed E-state index contributed by atoms with van der Waals surface area (Å²) in [7, 11) is 0. The predicted molar refractivity (Wildman–Crippen MR) is 126 cm³/mol. The number of nitrogens with one attached hydrogen (secondary N) is 1. The molecule has 2 saturated heterocycles. The van der Waals surface area contributed by atoms with Gasteiger partial charge < -0.3 is 15.1 Å². The Kier molecular flexibility index (Phi) is 8.79. The van der Waals surface area contributed by atoms with Crippen LogP contribution in [0, 0.1) is 5.92 Å². The SMILES string of the molecule is CC(C)C(NC(=O)c1ccc(Cl)cc1Cl)C(=O)N1CCN(CC(=O)N2CCCCC2)CC1. The minimum absolute atomic E-state index is 0.0868. The maximum Gasteiger partial charge on any atom is 0.253 e. The molecule has 1 atom stereocenters. The maximum atomic E-state index is 13.2. The van der Waals surface area contributed by atoms with E-state index >= 15 is 0 Å². The number of amides is 3. The van der Waals surface area contributed by atoms with E-state index in [0.717, 1.165) is 25.9 Å². The molecule has 3 rings (SSSR count). The summed E-state index contributed by atoms with van der Waals surface area (Å²) in [4.78, 5) is 44.3. The van der Waals surface area contributed by atoms with Crippen molar-refractivity contribution in [1.29, 1.82) is 0 Å². The number of rotatable bonds is 6. The van der Waals surface area contributed by atoms with E-state index in [1.165, 1.54) is 12.5 Å². The van der Waals surface area contributed by atoms with Crippen LogP contribution in [0.3, 0.4) is 0 Å². The van der Waals surface area contributed by atoms with Gasteiger partial charge in [0.1, 0.15) is 6.04 Å². The fourth-order valence-corrected chi connectivity index (χ4v) is 4.66. The molecule has 2 aliphatic rings. The first-order valence-corrected chi connectivity index (χ1v) is 12.1. The molecule has 1 aromatic rings. The van der Waals surface area contributed by atoms with Crippen molar-refractivity contribution in [2.75, 3.05) is 45.8 Å². The zero-order chi connectivity index (χ0) is 23.3. The van der Waals surface area contributed by atoms with E-state index in [9.17, 15) is 14.4 Å². The molecule has 7 nitrogen and oxygen atoms in total. The first-order valence-electron chi connectivity index (χ1n) is 11.3. The molecule has 2 heterocycles. The molecule has 0 aliphatic carbocycles. The predicted octanol–water partition coefficient (Wildman–Crippen LogP) is 2.90. The van der Waals surface area contributed by atoms with Crippen LogP contribution < -0.4 is 5.32 Å². The topological polar surface area (TPSA) is 73.0 Å². The van der Waals surface area contributed by atoms with Crippen LogP contribution in [-0.2, 0) is 9.59 Å². The average Bonchev–Trinajstić information content (AvgIpc) is 2.77. The summed E-state index contributed by atoms with van der Waals surface area (Å²) >= 11 is 12.1. The van der Waals surface area contributed by atoms with E-state index in [1.54, 1.807) is 17.0 Å². The third-order valence-electron chi connectivity index (χ3n) is 6.15. The van der Waals surface area contributed by atoms with Crippen molar-refractivity contribution in [3.05, 3.63) is 33.8 Å². The van der Waals surface area contributed by atoms with Gasteiger partial charge in [-0.25, -0.2) is 0 Å². The Balaban J connectivity index is 1.54. The first-order chi connectivity index (χ1) is 15.3. The third-order valence-corrected chi connectivity index (χ3v) is 6.69. The molecule has 1 N–H and O–H groups in total. The zero-order valence-electron chi connectivity index (χ0n) is 18.8. The van der Waals surface area contributed by atoms with Crippen LogP contribution in [0.1, 0.15) is 43.5 Å². The van der Waals surface area contributed by atoms with Crippen molar-refractivity contribution in [3.8, 4) is 0 Å². The van der Waals surface area contributed by atoms with Gasteiger partial charge in [0.15, 0.2) is 0 Å². The summed E-state index contributed by atoms with van der Waals surface area (Å²) in [6.45, 7) is 8.27. The Bertz CT molecular complexity index is 835. The van der Waals surface area contributed by atoms with E-state index in [0.29, 0.717) is 37.7 Å². The van der Waals surface area contributed by atoms with Crippen molar-refractivity contribution in [3.63, 3.8) is 0 Å². The molecule has 9 heteroatoms. The number of carbonyl (C=O) groups excluding carboxylic acids is 3. The number of hydrogen-bond acceptors (Lipinski definition) is 4. The van der Waals surface area contributed by atoms with Gasteiger partial charge in [-0.15, -0.1) is 0 Å². The lowest BCUT2D eigenvalue weighted by Crippen LogP contribution is -2.57.